The molecule has 13 heteroatoms. The summed E-state index contributed by atoms with van der Waals surface area (Å²) >= 11 is 0. The van der Waals surface area contributed by atoms with E-state index >= 15 is 0 Å². The maximum Gasteiger partial charge on any atom is 0.337 e. The number of nitrogens with zero attached hydrogens (tertiary/aromatic N) is 5. The lowest BCUT2D eigenvalue weighted by atomic mass is 10.1. The van der Waals surface area contributed by atoms with E-state index in [0.29, 0.717) is 47.7 Å². The molecule has 240 valence electrons. The van der Waals surface area contributed by atoms with Crippen LogP contribution in [0.3, 0.4) is 0 Å². The molecule has 0 saturated heterocycles. The Morgan fingerprint density at radius 3 is 2.41 bits per heavy atom. The van der Waals surface area contributed by atoms with E-state index < -0.39 is 17.6 Å². The Bertz CT molecular complexity index is 1900. The Hall–Kier alpha value is -5.33. The largest absolute Gasteiger partial charge is 0.497 e. The lowest BCUT2D eigenvalue weighted by molar-refractivity contribution is 0.0599. The first-order chi connectivity index (χ1) is 22.1. The molecule has 0 saturated carbocycles. The average Bonchev–Trinajstić information content (AvgIpc) is 3.51. The highest BCUT2D eigenvalue weighted by molar-refractivity contribution is 5.96. The van der Waals surface area contributed by atoms with Crippen molar-refractivity contribution in [2.45, 2.75) is 38.8 Å². The van der Waals surface area contributed by atoms with Gasteiger partial charge < -0.3 is 24.4 Å². The van der Waals surface area contributed by atoms with Gasteiger partial charge in [0.15, 0.2) is 17.3 Å². The smallest absolute Gasteiger partial charge is 0.337 e. The summed E-state index contributed by atoms with van der Waals surface area (Å²) in [6.45, 7) is 2.21. The third kappa shape index (κ3) is 6.67. The minimum absolute atomic E-state index is 0.0366. The van der Waals surface area contributed by atoms with Gasteiger partial charge in [0.25, 0.3) is 5.91 Å². The maximum absolute atomic E-state index is 14.9. The van der Waals surface area contributed by atoms with Crippen molar-refractivity contribution in [1.82, 2.24) is 24.5 Å². The number of nitrogens with one attached hydrogen (secondary N) is 1. The monoisotopic (exact) mass is 632 g/mol. The second-order valence-corrected chi connectivity index (χ2v) is 10.7. The quantitative estimate of drug-likeness (QED) is 0.179. The Labute approximate surface area is 264 Å². The van der Waals surface area contributed by atoms with Gasteiger partial charge in [0.2, 0.25) is 5.95 Å². The number of anilines is 1. The van der Waals surface area contributed by atoms with Gasteiger partial charge in [0.05, 0.1) is 32.3 Å². The predicted octanol–water partition coefficient (Wildman–Crippen LogP) is 5.46. The van der Waals surface area contributed by atoms with Gasteiger partial charge in [0, 0.05) is 49.3 Å². The molecule has 1 amide bonds. The molecule has 46 heavy (non-hydrogen) atoms. The number of halogens is 2. The number of ether oxygens (including phenoxy) is 3. The van der Waals surface area contributed by atoms with Crippen LogP contribution >= 0.6 is 0 Å². The topological polar surface area (TPSA) is 120 Å². The molecule has 11 nitrogen and oxygen atoms in total. The number of carbonyl (C=O) groups excluding carboxylic acids is 2. The first kappa shape index (κ1) is 32.1. The van der Waals surface area contributed by atoms with Gasteiger partial charge in [0.1, 0.15) is 22.8 Å². The van der Waals surface area contributed by atoms with Crippen molar-refractivity contribution in [3.63, 3.8) is 0 Å². The molecule has 2 aromatic heterocycles. The van der Waals surface area contributed by atoms with Crippen molar-refractivity contribution in [3.05, 3.63) is 88.7 Å². The van der Waals surface area contributed by atoms with Crippen molar-refractivity contribution in [2.24, 2.45) is 0 Å². The van der Waals surface area contributed by atoms with Crippen LogP contribution in [0.1, 0.15) is 51.9 Å². The van der Waals surface area contributed by atoms with E-state index in [0.717, 1.165) is 11.6 Å². The highest BCUT2D eigenvalue weighted by Crippen LogP contribution is 2.28. The zero-order chi connectivity index (χ0) is 33.0. The fourth-order valence-electron chi connectivity index (χ4n) is 5.09. The number of benzene rings is 3. The van der Waals surface area contributed by atoms with E-state index in [1.54, 1.807) is 62.6 Å². The number of aryl methyl sites for hydroxylation is 1. The molecule has 0 spiro atoms. The molecule has 1 atom stereocenters. The van der Waals surface area contributed by atoms with Crippen LogP contribution in [-0.2, 0) is 17.7 Å². The van der Waals surface area contributed by atoms with Crippen LogP contribution in [0, 0.1) is 11.6 Å². The molecular formula is C33H34F2N6O5. The van der Waals surface area contributed by atoms with Crippen molar-refractivity contribution in [3.8, 4) is 11.5 Å². The number of fused-ring (bicyclic) bond motifs is 3. The number of hydrogen-bond donors (Lipinski definition) is 1. The van der Waals surface area contributed by atoms with E-state index in [2.05, 4.69) is 20.4 Å². The van der Waals surface area contributed by atoms with Crippen molar-refractivity contribution in [2.75, 3.05) is 33.7 Å². The van der Waals surface area contributed by atoms with Gasteiger partial charge in [-0.2, -0.15) is 4.52 Å². The number of methoxy groups -OCH3 is 3. The van der Waals surface area contributed by atoms with Crippen LogP contribution in [0.2, 0.25) is 0 Å². The summed E-state index contributed by atoms with van der Waals surface area (Å²) in [5.41, 5.74) is 1.84. The van der Waals surface area contributed by atoms with Gasteiger partial charge >= 0.3 is 5.97 Å². The summed E-state index contributed by atoms with van der Waals surface area (Å²) in [7, 11) is 6.14. The molecule has 0 aliphatic carbocycles. The highest BCUT2D eigenvalue weighted by atomic mass is 19.1. The lowest BCUT2D eigenvalue weighted by Crippen LogP contribution is -2.35. The SMILES string of the molecule is COC(=O)c1ccc(C(=O)N(C)[C@@H](C)CCCc2nc3c4cc(F)cc(F)c4nc(NCc4ccc(OC)cc4OC)n3n2)cc1. The molecule has 0 aliphatic rings. The molecule has 0 aliphatic heterocycles. The number of aromatic nitrogens is 4. The zero-order valence-corrected chi connectivity index (χ0v) is 26.1. The van der Waals surface area contributed by atoms with Crippen molar-refractivity contribution >= 4 is 34.4 Å². The zero-order valence-electron chi connectivity index (χ0n) is 26.1. The number of amides is 1. The van der Waals surface area contributed by atoms with Crippen LogP contribution in [0.5, 0.6) is 11.5 Å². The predicted molar refractivity (Wildman–Crippen MR) is 167 cm³/mol. The minimum atomic E-state index is -0.811. The van der Waals surface area contributed by atoms with E-state index in [4.69, 9.17) is 14.2 Å². The van der Waals surface area contributed by atoms with Crippen molar-refractivity contribution < 1.29 is 32.6 Å². The van der Waals surface area contributed by atoms with Gasteiger partial charge in [-0.05, 0) is 62.2 Å². The second kappa shape index (κ2) is 13.8. The first-order valence-electron chi connectivity index (χ1n) is 14.6. The third-order valence-electron chi connectivity index (χ3n) is 7.83. The number of esters is 1. The highest BCUT2D eigenvalue weighted by Gasteiger charge is 2.20. The molecule has 5 aromatic rings. The molecule has 0 bridgehead atoms. The van der Waals surface area contributed by atoms with Crippen LogP contribution < -0.4 is 14.8 Å². The van der Waals surface area contributed by atoms with Crippen LogP contribution in [0.4, 0.5) is 14.7 Å². The van der Waals surface area contributed by atoms with Gasteiger partial charge in [-0.3, -0.25) is 4.79 Å². The van der Waals surface area contributed by atoms with E-state index in [9.17, 15) is 18.4 Å². The number of rotatable bonds is 12. The Morgan fingerprint density at radius 1 is 0.978 bits per heavy atom. The Balaban J connectivity index is 1.33. The summed E-state index contributed by atoms with van der Waals surface area (Å²) in [5, 5.41) is 8.01. The summed E-state index contributed by atoms with van der Waals surface area (Å²) < 4.78 is 46.1. The summed E-state index contributed by atoms with van der Waals surface area (Å²) in [5.74, 6) is -0.299. The summed E-state index contributed by atoms with van der Waals surface area (Å²) in [4.78, 5) is 35.4. The minimum Gasteiger partial charge on any atom is -0.497 e. The fraction of sp³-hybridized carbons (Fsp3) is 0.303. The third-order valence-corrected chi connectivity index (χ3v) is 7.83. The van der Waals surface area contributed by atoms with Gasteiger partial charge in [-0.15, -0.1) is 5.10 Å². The molecule has 2 heterocycles. The molecule has 0 fully saturated rings. The first-order valence-corrected chi connectivity index (χ1v) is 14.6. The van der Waals surface area contributed by atoms with E-state index in [1.165, 1.54) is 17.7 Å². The Kier molecular flexibility index (Phi) is 9.59. The molecule has 1 N–H and O–H groups in total. The molecular weight excluding hydrogens is 598 g/mol. The summed E-state index contributed by atoms with van der Waals surface area (Å²) in [6, 6.07) is 13.5. The van der Waals surface area contributed by atoms with Crippen molar-refractivity contribution in [1.29, 1.82) is 0 Å². The normalized spacial score (nSPS) is 11.8. The standard InChI is InChI=1S/C33H34F2N6O5/c1-19(40(2)31(42)20-9-11-21(12-10-20)32(43)46-5)7-6-8-28-37-30-25-15-23(34)16-26(35)29(25)38-33(41(30)39-28)36-18-22-13-14-24(44-3)17-27(22)45-4/h9-17,19H,6-8,18H2,1-5H3,(H,36,38)/t19-/m0/s1. The Morgan fingerprint density at radius 2 is 1.72 bits per heavy atom. The molecule has 3 aromatic carbocycles. The molecule has 5 rings (SSSR count). The van der Waals surface area contributed by atoms with Gasteiger partial charge in [-0.25, -0.2) is 23.5 Å². The van der Waals surface area contributed by atoms with Crippen LogP contribution in [-0.4, -0.2) is 70.8 Å². The van der Waals surface area contributed by atoms with E-state index in [-0.39, 0.29) is 41.0 Å². The van der Waals surface area contributed by atoms with Crippen LogP contribution in [0.25, 0.3) is 16.6 Å². The lowest BCUT2D eigenvalue weighted by Gasteiger charge is -2.25. The summed E-state index contributed by atoms with van der Waals surface area (Å²) in [6.07, 6.45) is 1.73. The molecule has 0 radical (unpaired) electrons. The molecule has 0 unspecified atom stereocenters. The number of carbonyl (C=O) groups is 2. The van der Waals surface area contributed by atoms with Crippen LogP contribution in [0.15, 0.2) is 54.6 Å². The fourth-order valence-corrected chi connectivity index (χ4v) is 5.09. The number of hydrogen-bond acceptors (Lipinski definition) is 9. The van der Waals surface area contributed by atoms with Gasteiger partial charge in [-0.1, -0.05) is 0 Å². The maximum atomic E-state index is 14.9. The average molecular weight is 633 g/mol. The van der Waals surface area contributed by atoms with E-state index in [1.807, 2.05) is 13.0 Å². The second-order valence-electron chi connectivity index (χ2n) is 10.7.